The van der Waals surface area contributed by atoms with Gasteiger partial charge in [-0.3, -0.25) is 14.3 Å². The summed E-state index contributed by atoms with van der Waals surface area (Å²) in [6.07, 6.45) is 2.54. The molecule has 160 valence electrons. The van der Waals surface area contributed by atoms with Crippen LogP contribution < -0.4 is 26.2 Å². The fourth-order valence-corrected chi connectivity index (χ4v) is 4.40. The fourth-order valence-electron chi connectivity index (χ4n) is 4.40. The Morgan fingerprint density at radius 3 is 2.87 bits per heavy atom. The molecule has 1 atom stereocenters. The lowest BCUT2D eigenvalue weighted by Gasteiger charge is -2.27. The minimum absolute atomic E-state index is 0.000413. The molecule has 2 aliphatic rings. The van der Waals surface area contributed by atoms with Crippen LogP contribution in [0, 0.1) is 17.8 Å². The molecule has 1 aromatic carbocycles. The van der Waals surface area contributed by atoms with Crippen molar-refractivity contribution in [2.24, 2.45) is 5.41 Å². The second kappa shape index (κ2) is 7.76. The van der Waals surface area contributed by atoms with Crippen LogP contribution in [0.2, 0.25) is 0 Å². The molecule has 30 heavy (non-hydrogen) atoms. The predicted octanol–water partition coefficient (Wildman–Crippen LogP) is 1.90. The number of hydrogen-bond donors (Lipinski definition) is 2. The highest BCUT2D eigenvalue weighted by molar-refractivity contribution is 5.91. The molecular formula is C21H26FN5O3. The summed E-state index contributed by atoms with van der Waals surface area (Å²) in [6.45, 7) is 12.0. The Morgan fingerprint density at radius 1 is 1.43 bits per heavy atom. The van der Waals surface area contributed by atoms with Crippen LogP contribution in [-0.2, 0) is 0 Å². The number of aromatic nitrogens is 2. The van der Waals surface area contributed by atoms with Gasteiger partial charge in [-0.25, -0.2) is 15.8 Å². The maximum Gasteiger partial charge on any atom is 0.329 e. The van der Waals surface area contributed by atoms with Gasteiger partial charge in [0.05, 0.1) is 19.0 Å². The third-order valence-corrected chi connectivity index (χ3v) is 6.05. The quantitative estimate of drug-likeness (QED) is 0.533. The molecule has 1 aliphatic heterocycles. The lowest BCUT2D eigenvalue weighted by atomic mass is 9.90. The second-order valence-corrected chi connectivity index (χ2v) is 8.54. The van der Waals surface area contributed by atoms with Gasteiger partial charge in [0, 0.05) is 25.7 Å². The van der Waals surface area contributed by atoms with Crippen LogP contribution in [0.1, 0.15) is 32.2 Å². The van der Waals surface area contributed by atoms with Crippen molar-refractivity contribution in [2.75, 3.05) is 44.7 Å². The number of H-pyrrole nitrogens is 1. The number of anilines is 1. The van der Waals surface area contributed by atoms with E-state index >= 15 is 4.39 Å². The smallest absolute Gasteiger partial charge is 0.329 e. The first-order valence-electron chi connectivity index (χ1n) is 10.2. The van der Waals surface area contributed by atoms with Crippen molar-refractivity contribution in [1.29, 1.82) is 0 Å². The van der Waals surface area contributed by atoms with Gasteiger partial charge in [0.25, 0.3) is 5.56 Å². The molecule has 8 nitrogen and oxygen atoms in total. The van der Waals surface area contributed by atoms with E-state index in [4.69, 9.17) is 11.3 Å². The Bertz CT molecular complexity index is 1130. The summed E-state index contributed by atoms with van der Waals surface area (Å²) in [4.78, 5) is 32.5. The van der Waals surface area contributed by atoms with E-state index < -0.39 is 17.1 Å². The third kappa shape index (κ3) is 3.56. The van der Waals surface area contributed by atoms with Gasteiger partial charge in [0.1, 0.15) is 11.2 Å². The van der Waals surface area contributed by atoms with Crippen molar-refractivity contribution in [1.82, 2.24) is 14.9 Å². The first-order valence-corrected chi connectivity index (χ1v) is 10.2. The molecule has 1 saturated carbocycles. The SMILES string of the molecule is [C-]#[N+]CCNCC1(C)CCN(c2c(F)cc3c(=O)[nH]c(=O)n(C4CC4)c3c2OC)C1. The van der Waals surface area contributed by atoms with Crippen molar-refractivity contribution >= 4 is 16.6 Å². The van der Waals surface area contributed by atoms with Crippen LogP contribution in [0.5, 0.6) is 5.75 Å². The van der Waals surface area contributed by atoms with Crippen LogP contribution in [0.3, 0.4) is 0 Å². The largest absolute Gasteiger partial charge is 0.492 e. The summed E-state index contributed by atoms with van der Waals surface area (Å²) in [5, 5.41) is 3.43. The maximum absolute atomic E-state index is 15.2. The van der Waals surface area contributed by atoms with Crippen LogP contribution >= 0.6 is 0 Å². The standard InChI is InChI=1S/C21H26FN5O3/c1-21(11-24-8-7-23-2)6-9-26(12-21)17-15(22)10-14-16(18(17)30-3)27(13-4-5-13)20(29)25-19(14)28/h10,13,24H,4-9,11-12H2,1,3H3,(H,25,28,29). The van der Waals surface area contributed by atoms with Gasteiger partial charge in [-0.05, 0) is 30.7 Å². The Hall–Kier alpha value is -2.86. The van der Waals surface area contributed by atoms with Crippen LogP contribution in [0.4, 0.5) is 10.1 Å². The zero-order valence-electron chi connectivity index (χ0n) is 17.3. The van der Waals surface area contributed by atoms with Gasteiger partial charge in [-0.1, -0.05) is 6.92 Å². The van der Waals surface area contributed by atoms with Crippen LogP contribution in [0.25, 0.3) is 15.7 Å². The van der Waals surface area contributed by atoms with E-state index in [-0.39, 0.29) is 22.6 Å². The summed E-state index contributed by atoms with van der Waals surface area (Å²) in [5.41, 5.74) is -0.506. The molecule has 0 amide bonds. The number of methoxy groups -OCH3 is 1. The lowest BCUT2D eigenvalue weighted by Crippen LogP contribution is -2.36. The molecule has 2 fully saturated rings. The first kappa shape index (κ1) is 20.4. The second-order valence-electron chi connectivity index (χ2n) is 8.54. The minimum atomic E-state index is -0.606. The Kier molecular flexibility index (Phi) is 5.28. The van der Waals surface area contributed by atoms with E-state index in [9.17, 15) is 9.59 Å². The number of benzene rings is 1. The normalized spacial score (nSPS) is 21.2. The van der Waals surface area contributed by atoms with E-state index in [0.29, 0.717) is 37.4 Å². The maximum atomic E-state index is 15.2. The third-order valence-electron chi connectivity index (χ3n) is 6.05. The van der Waals surface area contributed by atoms with E-state index in [2.05, 4.69) is 22.1 Å². The molecule has 0 bridgehead atoms. The molecule has 0 spiro atoms. The van der Waals surface area contributed by atoms with Crippen LogP contribution in [0.15, 0.2) is 15.7 Å². The monoisotopic (exact) mass is 415 g/mol. The van der Waals surface area contributed by atoms with Crippen molar-refractivity contribution in [3.05, 3.63) is 44.1 Å². The van der Waals surface area contributed by atoms with Crippen molar-refractivity contribution in [3.8, 4) is 5.75 Å². The molecule has 0 radical (unpaired) electrons. The summed E-state index contributed by atoms with van der Waals surface area (Å²) in [5.74, 6) is -0.290. The molecule has 2 heterocycles. The van der Waals surface area contributed by atoms with E-state index in [1.165, 1.54) is 13.2 Å². The number of halogens is 1. The number of fused-ring (bicyclic) bond motifs is 1. The topological polar surface area (TPSA) is 83.7 Å². The molecule has 1 saturated heterocycles. The minimum Gasteiger partial charge on any atom is -0.492 e. The molecule has 4 rings (SSSR count). The number of aromatic amines is 1. The number of nitrogens with zero attached hydrogens (tertiary/aromatic N) is 3. The van der Waals surface area contributed by atoms with E-state index in [0.717, 1.165) is 25.8 Å². The van der Waals surface area contributed by atoms with Crippen molar-refractivity contribution < 1.29 is 9.13 Å². The highest BCUT2D eigenvalue weighted by Crippen LogP contribution is 2.44. The average Bonchev–Trinajstić information content (AvgIpc) is 3.47. The number of rotatable bonds is 7. The molecular weight excluding hydrogens is 389 g/mol. The van der Waals surface area contributed by atoms with Crippen molar-refractivity contribution in [2.45, 2.75) is 32.2 Å². The number of ether oxygens (including phenoxy) is 1. The zero-order valence-corrected chi connectivity index (χ0v) is 17.3. The highest BCUT2D eigenvalue weighted by Gasteiger charge is 2.37. The molecule has 2 aromatic rings. The molecule has 1 aromatic heterocycles. The lowest BCUT2D eigenvalue weighted by molar-refractivity contribution is 0.346. The Morgan fingerprint density at radius 2 is 2.20 bits per heavy atom. The highest BCUT2D eigenvalue weighted by atomic mass is 19.1. The van der Waals surface area contributed by atoms with Gasteiger partial charge in [0.15, 0.2) is 11.6 Å². The van der Waals surface area contributed by atoms with E-state index in [1.54, 1.807) is 4.57 Å². The van der Waals surface area contributed by atoms with Gasteiger partial charge in [-0.15, -0.1) is 0 Å². The molecule has 2 N–H and O–H groups in total. The van der Waals surface area contributed by atoms with Crippen molar-refractivity contribution in [3.63, 3.8) is 0 Å². The first-order chi connectivity index (χ1) is 14.4. The van der Waals surface area contributed by atoms with E-state index in [1.807, 2.05) is 4.90 Å². The molecule has 9 heteroatoms. The Labute approximate surface area is 173 Å². The average molecular weight is 415 g/mol. The summed E-state index contributed by atoms with van der Waals surface area (Å²) >= 11 is 0. The van der Waals surface area contributed by atoms with Gasteiger partial charge in [-0.2, -0.15) is 0 Å². The Balaban J connectivity index is 1.76. The summed E-state index contributed by atoms with van der Waals surface area (Å²) in [6, 6.07) is 1.22. The van der Waals surface area contributed by atoms with Gasteiger partial charge in [0.2, 0.25) is 6.54 Å². The van der Waals surface area contributed by atoms with Gasteiger partial charge < -0.3 is 19.8 Å². The predicted molar refractivity (Wildman–Crippen MR) is 113 cm³/mol. The summed E-state index contributed by atoms with van der Waals surface area (Å²) < 4.78 is 22.4. The fraction of sp³-hybridized carbons (Fsp3) is 0.571. The number of hydrogen-bond acceptors (Lipinski definition) is 5. The summed E-state index contributed by atoms with van der Waals surface area (Å²) in [7, 11) is 1.45. The molecule has 1 aliphatic carbocycles. The van der Waals surface area contributed by atoms with Gasteiger partial charge >= 0.3 is 5.69 Å². The number of nitrogens with one attached hydrogen (secondary N) is 2. The molecule has 1 unspecified atom stereocenters. The zero-order chi connectivity index (χ0) is 21.5. The van der Waals surface area contributed by atoms with Crippen LogP contribution in [-0.4, -0.2) is 49.4 Å².